The zero-order chi connectivity index (χ0) is 16.3. The van der Waals surface area contributed by atoms with Crippen molar-refractivity contribution in [3.05, 3.63) is 55.2 Å². The molecule has 0 saturated carbocycles. The average molecular weight is 405 g/mol. The van der Waals surface area contributed by atoms with Gasteiger partial charge in [0.1, 0.15) is 0 Å². The smallest absolute Gasteiger partial charge is 0.258 e. The molecule has 1 aromatic carbocycles. The summed E-state index contributed by atoms with van der Waals surface area (Å²) in [5.41, 5.74) is -0.409. The minimum Gasteiger partial charge on any atom is -0.258 e. The van der Waals surface area contributed by atoms with E-state index < -0.39 is 20.6 Å². The summed E-state index contributed by atoms with van der Waals surface area (Å²) in [4.78, 5) is 11.0. The van der Waals surface area contributed by atoms with E-state index in [1.54, 1.807) is 6.92 Å². The van der Waals surface area contributed by atoms with E-state index in [9.17, 15) is 18.5 Å². The molecule has 118 valence electrons. The standard InChI is InChI=1S/C13H13BrN2O4S2/c1-2-15(9-10-7-8-13(14)21-10)22(19,20)12-6-4-3-5-11(12)16(17)18/h3-8H,2,9H2,1H3. The molecule has 6 nitrogen and oxygen atoms in total. The van der Waals surface area contributed by atoms with Crippen molar-refractivity contribution in [1.82, 2.24) is 4.31 Å². The summed E-state index contributed by atoms with van der Waals surface area (Å²) < 4.78 is 27.6. The molecule has 0 atom stereocenters. The number of hydrogen-bond acceptors (Lipinski definition) is 5. The summed E-state index contributed by atoms with van der Waals surface area (Å²) in [5.74, 6) is 0. The maximum absolute atomic E-state index is 12.7. The predicted octanol–water partition coefficient (Wildman–Crippen LogP) is 3.63. The second kappa shape index (κ2) is 6.86. The van der Waals surface area contributed by atoms with E-state index in [2.05, 4.69) is 15.9 Å². The van der Waals surface area contributed by atoms with Gasteiger partial charge in [-0.25, -0.2) is 8.42 Å². The number of nitro benzene ring substituents is 1. The Kier molecular flexibility index (Phi) is 5.32. The first-order valence-corrected chi connectivity index (χ1v) is 9.39. The Morgan fingerprint density at radius 1 is 1.27 bits per heavy atom. The molecule has 0 amide bonds. The van der Waals surface area contributed by atoms with Gasteiger partial charge >= 0.3 is 0 Å². The summed E-state index contributed by atoms with van der Waals surface area (Å²) >= 11 is 4.76. The van der Waals surface area contributed by atoms with Crippen molar-refractivity contribution in [2.75, 3.05) is 6.54 Å². The van der Waals surface area contributed by atoms with E-state index in [-0.39, 0.29) is 18.0 Å². The topological polar surface area (TPSA) is 80.5 Å². The molecule has 0 N–H and O–H groups in total. The molecule has 1 aromatic heterocycles. The number of sulfonamides is 1. The number of para-hydroxylation sites is 1. The fourth-order valence-corrected chi connectivity index (χ4v) is 5.11. The van der Waals surface area contributed by atoms with Crippen LogP contribution in [0.4, 0.5) is 5.69 Å². The minimum atomic E-state index is -3.93. The fourth-order valence-electron chi connectivity index (χ4n) is 1.94. The third-order valence-corrected chi connectivity index (χ3v) is 6.57. The second-order valence-corrected chi connectivity index (χ2v) is 8.82. The molecule has 0 fully saturated rings. The van der Waals surface area contributed by atoms with Gasteiger partial charge in [0, 0.05) is 24.0 Å². The van der Waals surface area contributed by atoms with E-state index in [1.165, 1.54) is 39.9 Å². The van der Waals surface area contributed by atoms with Crippen LogP contribution in [-0.4, -0.2) is 24.2 Å². The van der Waals surface area contributed by atoms with Crippen LogP contribution in [-0.2, 0) is 16.6 Å². The van der Waals surface area contributed by atoms with Crippen molar-refractivity contribution in [2.24, 2.45) is 0 Å². The third-order valence-electron chi connectivity index (χ3n) is 2.99. The number of halogens is 1. The van der Waals surface area contributed by atoms with Gasteiger partial charge in [-0.15, -0.1) is 11.3 Å². The number of hydrogen-bond donors (Lipinski definition) is 0. The molecular weight excluding hydrogens is 392 g/mol. The van der Waals surface area contributed by atoms with Crippen LogP contribution in [0.25, 0.3) is 0 Å². The lowest BCUT2D eigenvalue weighted by Gasteiger charge is -2.19. The maximum Gasteiger partial charge on any atom is 0.289 e. The summed E-state index contributed by atoms with van der Waals surface area (Å²) in [7, 11) is -3.93. The number of benzene rings is 1. The third kappa shape index (κ3) is 3.54. The Hall–Kier alpha value is -1.29. The molecule has 9 heteroatoms. The zero-order valence-electron chi connectivity index (χ0n) is 11.6. The number of nitrogens with zero attached hydrogens (tertiary/aromatic N) is 2. The second-order valence-electron chi connectivity index (χ2n) is 4.36. The number of nitro groups is 1. The average Bonchev–Trinajstić information content (AvgIpc) is 2.89. The normalized spacial score (nSPS) is 11.8. The summed E-state index contributed by atoms with van der Waals surface area (Å²) in [6.45, 7) is 2.11. The van der Waals surface area contributed by atoms with Crippen molar-refractivity contribution in [3.8, 4) is 0 Å². The van der Waals surface area contributed by atoms with Gasteiger partial charge in [-0.3, -0.25) is 10.1 Å². The van der Waals surface area contributed by atoms with Crippen LogP contribution >= 0.6 is 27.3 Å². The molecule has 0 aliphatic carbocycles. The van der Waals surface area contributed by atoms with Gasteiger partial charge in [-0.2, -0.15) is 4.31 Å². The van der Waals surface area contributed by atoms with Crippen LogP contribution in [0, 0.1) is 10.1 Å². The highest BCUT2D eigenvalue weighted by Crippen LogP contribution is 2.29. The lowest BCUT2D eigenvalue weighted by Crippen LogP contribution is -2.30. The highest BCUT2D eigenvalue weighted by molar-refractivity contribution is 9.11. The molecular formula is C13H13BrN2O4S2. The molecule has 22 heavy (non-hydrogen) atoms. The van der Waals surface area contributed by atoms with Crippen LogP contribution < -0.4 is 0 Å². The van der Waals surface area contributed by atoms with E-state index in [0.29, 0.717) is 0 Å². The number of rotatable bonds is 6. The number of thiophene rings is 1. The van der Waals surface area contributed by atoms with Gasteiger partial charge in [0.2, 0.25) is 10.0 Å². The molecule has 0 bridgehead atoms. The van der Waals surface area contributed by atoms with E-state index in [1.807, 2.05) is 12.1 Å². The summed E-state index contributed by atoms with van der Waals surface area (Å²) in [6.07, 6.45) is 0. The Morgan fingerprint density at radius 2 is 1.95 bits per heavy atom. The minimum absolute atomic E-state index is 0.182. The molecule has 0 radical (unpaired) electrons. The zero-order valence-corrected chi connectivity index (χ0v) is 14.8. The SMILES string of the molecule is CCN(Cc1ccc(Br)s1)S(=O)(=O)c1ccccc1[N+](=O)[O-]. The van der Waals surface area contributed by atoms with Crippen molar-refractivity contribution in [1.29, 1.82) is 0 Å². The predicted molar refractivity (Wildman–Crippen MR) is 88.4 cm³/mol. The lowest BCUT2D eigenvalue weighted by atomic mass is 10.3. The monoisotopic (exact) mass is 404 g/mol. The summed E-state index contributed by atoms with van der Waals surface area (Å²) in [6, 6.07) is 9.06. The molecule has 0 unspecified atom stereocenters. The van der Waals surface area contributed by atoms with Crippen molar-refractivity contribution in [3.63, 3.8) is 0 Å². The van der Waals surface area contributed by atoms with Gasteiger partial charge in [0.25, 0.3) is 5.69 Å². The van der Waals surface area contributed by atoms with Gasteiger partial charge in [-0.05, 0) is 34.1 Å². The molecule has 0 aliphatic heterocycles. The quantitative estimate of drug-likeness (QED) is 0.543. The lowest BCUT2D eigenvalue weighted by molar-refractivity contribution is -0.387. The first-order valence-electron chi connectivity index (χ1n) is 6.34. The Morgan fingerprint density at radius 3 is 2.50 bits per heavy atom. The molecule has 0 saturated heterocycles. The van der Waals surface area contributed by atoms with Gasteiger partial charge in [0.15, 0.2) is 4.90 Å². The fraction of sp³-hybridized carbons (Fsp3) is 0.231. The van der Waals surface area contributed by atoms with E-state index >= 15 is 0 Å². The maximum atomic E-state index is 12.7. The van der Waals surface area contributed by atoms with Gasteiger partial charge in [-0.1, -0.05) is 19.1 Å². The van der Waals surface area contributed by atoms with Crippen molar-refractivity contribution >= 4 is 43.0 Å². The van der Waals surface area contributed by atoms with Gasteiger partial charge in [0.05, 0.1) is 8.71 Å². The molecule has 2 rings (SSSR count). The van der Waals surface area contributed by atoms with Crippen LogP contribution in [0.2, 0.25) is 0 Å². The molecule has 0 aliphatic rings. The van der Waals surface area contributed by atoms with Crippen LogP contribution in [0.15, 0.2) is 45.1 Å². The summed E-state index contributed by atoms with van der Waals surface area (Å²) in [5, 5.41) is 11.1. The van der Waals surface area contributed by atoms with Crippen molar-refractivity contribution < 1.29 is 13.3 Å². The first-order chi connectivity index (χ1) is 10.4. The van der Waals surface area contributed by atoms with Gasteiger partial charge < -0.3 is 0 Å². The van der Waals surface area contributed by atoms with Crippen LogP contribution in [0.1, 0.15) is 11.8 Å². The van der Waals surface area contributed by atoms with E-state index in [4.69, 9.17) is 0 Å². The van der Waals surface area contributed by atoms with Crippen LogP contribution in [0.3, 0.4) is 0 Å². The Bertz CT molecular complexity index is 789. The molecule has 2 aromatic rings. The Labute approximate surface area is 140 Å². The molecule has 1 heterocycles. The van der Waals surface area contributed by atoms with E-state index in [0.717, 1.165) is 8.66 Å². The Balaban J connectivity index is 2.41. The van der Waals surface area contributed by atoms with Crippen molar-refractivity contribution in [2.45, 2.75) is 18.4 Å². The largest absolute Gasteiger partial charge is 0.289 e. The first kappa shape index (κ1) is 17.1. The highest BCUT2D eigenvalue weighted by Gasteiger charge is 2.30. The molecule has 0 spiro atoms. The van der Waals surface area contributed by atoms with Crippen LogP contribution in [0.5, 0.6) is 0 Å². The highest BCUT2D eigenvalue weighted by atomic mass is 79.9.